The Morgan fingerprint density at radius 1 is 0.867 bits per heavy atom. The molecule has 2 heterocycles. The van der Waals surface area contributed by atoms with Crippen LogP contribution in [0.2, 0.25) is 5.02 Å². The largest absolute Gasteiger partial charge is 0.252 e. The predicted molar refractivity (Wildman–Crippen MR) is 116 cm³/mol. The number of aromatic nitrogens is 3. The van der Waals surface area contributed by atoms with Gasteiger partial charge in [0.25, 0.3) is 0 Å². The minimum Gasteiger partial charge on any atom is -0.252 e. The van der Waals surface area contributed by atoms with Crippen LogP contribution in [-0.2, 0) is 0 Å². The van der Waals surface area contributed by atoms with Crippen molar-refractivity contribution >= 4 is 33.4 Å². The van der Waals surface area contributed by atoms with Crippen LogP contribution in [0.1, 0.15) is 11.1 Å². The third-order valence-electron chi connectivity index (χ3n) is 5.38. The molecule has 0 amide bonds. The van der Waals surface area contributed by atoms with Crippen molar-refractivity contribution in [1.82, 2.24) is 14.8 Å². The van der Waals surface area contributed by atoms with E-state index in [1.165, 1.54) is 6.07 Å². The second-order valence-electron chi connectivity index (χ2n) is 7.34. The molecule has 0 bridgehead atoms. The highest BCUT2D eigenvalue weighted by Gasteiger charge is 2.19. The quantitative estimate of drug-likeness (QED) is 0.315. The molecule has 0 aliphatic rings. The molecule has 3 nitrogen and oxygen atoms in total. The van der Waals surface area contributed by atoms with Crippen LogP contribution in [0.15, 0.2) is 60.8 Å². The van der Waals surface area contributed by atoms with Gasteiger partial charge in [-0.3, -0.25) is 4.98 Å². The van der Waals surface area contributed by atoms with Crippen molar-refractivity contribution in [1.29, 1.82) is 0 Å². The van der Waals surface area contributed by atoms with Gasteiger partial charge >= 0.3 is 0 Å². The van der Waals surface area contributed by atoms with E-state index in [1.807, 2.05) is 44.2 Å². The number of hydrogen-bond donors (Lipinski definition) is 0. The maximum absolute atomic E-state index is 14.5. The lowest BCUT2D eigenvalue weighted by molar-refractivity contribution is 0.590. The molecule has 0 radical (unpaired) electrons. The van der Waals surface area contributed by atoms with Gasteiger partial charge in [-0.1, -0.05) is 29.8 Å². The SMILES string of the molecule is Cc1ccc(-n2nc(-c3ccc(Cl)cc3)c3cnc4c(F)cc(F)cc4c32)cc1C. The minimum absolute atomic E-state index is 0.108. The van der Waals surface area contributed by atoms with E-state index in [9.17, 15) is 8.78 Å². The predicted octanol–water partition coefficient (Wildman–Crippen LogP) is 6.79. The summed E-state index contributed by atoms with van der Waals surface area (Å²) in [7, 11) is 0. The first kappa shape index (κ1) is 18.7. The van der Waals surface area contributed by atoms with E-state index in [4.69, 9.17) is 16.7 Å². The Labute approximate surface area is 176 Å². The molecule has 0 fully saturated rings. The Morgan fingerprint density at radius 2 is 1.63 bits per heavy atom. The molecule has 30 heavy (non-hydrogen) atoms. The molecule has 0 aliphatic carbocycles. The van der Waals surface area contributed by atoms with Crippen LogP contribution in [0.3, 0.4) is 0 Å². The van der Waals surface area contributed by atoms with Crippen LogP contribution >= 0.6 is 11.6 Å². The first-order valence-corrected chi connectivity index (χ1v) is 9.80. The van der Waals surface area contributed by atoms with Crippen LogP contribution < -0.4 is 0 Å². The summed E-state index contributed by atoms with van der Waals surface area (Å²) < 4.78 is 30.3. The molecule has 5 rings (SSSR count). The molecule has 0 saturated carbocycles. The summed E-state index contributed by atoms with van der Waals surface area (Å²) in [6, 6.07) is 15.4. The molecule has 5 aromatic rings. The van der Waals surface area contributed by atoms with Gasteiger partial charge in [-0.2, -0.15) is 5.10 Å². The summed E-state index contributed by atoms with van der Waals surface area (Å²) in [5, 5.41) is 6.52. The molecule has 3 aromatic carbocycles. The number of halogens is 3. The van der Waals surface area contributed by atoms with Crippen molar-refractivity contribution in [3.05, 3.63) is 88.6 Å². The Kier molecular flexibility index (Phi) is 4.29. The highest BCUT2D eigenvalue weighted by atomic mass is 35.5. The van der Waals surface area contributed by atoms with Gasteiger partial charge in [0.15, 0.2) is 5.82 Å². The van der Waals surface area contributed by atoms with Gasteiger partial charge in [-0.15, -0.1) is 0 Å². The molecule has 0 aliphatic heterocycles. The zero-order valence-electron chi connectivity index (χ0n) is 16.2. The fraction of sp³-hybridized carbons (Fsp3) is 0.0833. The van der Waals surface area contributed by atoms with E-state index >= 15 is 0 Å². The standard InChI is InChI=1S/C24H16ClF2N3/c1-13-3-8-18(9-14(13)2)30-24-19-10-17(26)11-21(27)23(19)28-12-20(24)22(29-30)15-4-6-16(25)7-5-15/h3-12H,1-2H3. The number of hydrogen-bond acceptors (Lipinski definition) is 2. The van der Waals surface area contributed by atoms with Crippen LogP contribution in [-0.4, -0.2) is 14.8 Å². The molecule has 0 spiro atoms. The third kappa shape index (κ3) is 2.94. The van der Waals surface area contributed by atoms with Gasteiger partial charge < -0.3 is 0 Å². The van der Waals surface area contributed by atoms with E-state index in [2.05, 4.69) is 4.98 Å². The first-order chi connectivity index (χ1) is 14.4. The summed E-state index contributed by atoms with van der Waals surface area (Å²) in [4.78, 5) is 4.27. The van der Waals surface area contributed by atoms with Crippen molar-refractivity contribution in [3.63, 3.8) is 0 Å². The maximum atomic E-state index is 14.5. The van der Waals surface area contributed by atoms with Crippen molar-refractivity contribution in [2.24, 2.45) is 0 Å². The molecule has 148 valence electrons. The lowest BCUT2D eigenvalue weighted by atomic mass is 10.1. The summed E-state index contributed by atoms with van der Waals surface area (Å²) in [6.45, 7) is 4.05. The lowest BCUT2D eigenvalue weighted by Crippen LogP contribution is -1.99. The van der Waals surface area contributed by atoms with Gasteiger partial charge in [0.05, 0.1) is 11.2 Å². The Hall–Kier alpha value is -3.31. The minimum atomic E-state index is -0.701. The fourth-order valence-electron chi connectivity index (χ4n) is 3.68. The number of pyridine rings is 1. The van der Waals surface area contributed by atoms with Crippen molar-refractivity contribution in [2.75, 3.05) is 0 Å². The molecule has 0 saturated heterocycles. The zero-order valence-corrected chi connectivity index (χ0v) is 17.0. The fourth-order valence-corrected chi connectivity index (χ4v) is 3.81. The molecule has 0 N–H and O–H groups in total. The average molecular weight is 420 g/mol. The number of benzene rings is 3. The Morgan fingerprint density at radius 3 is 2.37 bits per heavy atom. The van der Waals surface area contributed by atoms with Crippen LogP contribution in [0.4, 0.5) is 8.78 Å². The monoisotopic (exact) mass is 419 g/mol. The topological polar surface area (TPSA) is 30.7 Å². The van der Waals surface area contributed by atoms with E-state index in [1.54, 1.807) is 23.0 Å². The van der Waals surface area contributed by atoms with E-state index in [0.29, 0.717) is 27.0 Å². The Bertz CT molecular complexity index is 1440. The maximum Gasteiger partial charge on any atom is 0.152 e. The van der Waals surface area contributed by atoms with E-state index in [0.717, 1.165) is 28.4 Å². The second kappa shape index (κ2) is 6.89. The van der Waals surface area contributed by atoms with Gasteiger partial charge in [-0.05, 0) is 55.3 Å². The highest BCUT2D eigenvalue weighted by molar-refractivity contribution is 6.30. The summed E-state index contributed by atoms with van der Waals surface area (Å²) in [5.41, 5.74) is 5.27. The number of fused-ring (bicyclic) bond motifs is 3. The van der Waals surface area contributed by atoms with Crippen molar-refractivity contribution < 1.29 is 8.78 Å². The smallest absolute Gasteiger partial charge is 0.152 e. The first-order valence-electron chi connectivity index (χ1n) is 9.42. The molecular weight excluding hydrogens is 404 g/mol. The van der Waals surface area contributed by atoms with Gasteiger partial charge in [-0.25, -0.2) is 13.5 Å². The van der Waals surface area contributed by atoms with E-state index < -0.39 is 11.6 Å². The second-order valence-corrected chi connectivity index (χ2v) is 7.78. The van der Waals surface area contributed by atoms with Crippen LogP contribution in [0.25, 0.3) is 38.8 Å². The molecule has 2 aromatic heterocycles. The Balaban J connectivity index is 1.92. The van der Waals surface area contributed by atoms with Crippen LogP contribution in [0, 0.1) is 25.5 Å². The average Bonchev–Trinajstić information content (AvgIpc) is 3.11. The zero-order chi connectivity index (χ0) is 21.0. The van der Waals surface area contributed by atoms with Gasteiger partial charge in [0, 0.05) is 33.6 Å². The summed E-state index contributed by atoms with van der Waals surface area (Å²) >= 11 is 6.04. The third-order valence-corrected chi connectivity index (χ3v) is 5.63. The number of nitrogens with zero attached hydrogens (tertiary/aromatic N) is 3. The molecule has 6 heteroatoms. The molecule has 0 atom stereocenters. The van der Waals surface area contributed by atoms with Crippen LogP contribution in [0.5, 0.6) is 0 Å². The molecule has 0 unspecified atom stereocenters. The van der Waals surface area contributed by atoms with E-state index in [-0.39, 0.29) is 5.52 Å². The summed E-state index contributed by atoms with van der Waals surface area (Å²) in [6.07, 6.45) is 1.59. The number of rotatable bonds is 2. The van der Waals surface area contributed by atoms with Gasteiger partial charge in [0.2, 0.25) is 0 Å². The van der Waals surface area contributed by atoms with Crippen molar-refractivity contribution in [3.8, 4) is 16.9 Å². The summed E-state index contributed by atoms with van der Waals surface area (Å²) in [5.74, 6) is -1.36. The molecular formula is C24H16ClF2N3. The highest BCUT2D eigenvalue weighted by Crippen LogP contribution is 2.35. The van der Waals surface area contributed by atoms with Gasteiger partial charge in [0.1, 0.15) is 17.0 Å². The number of aryl methyl sites for hydroxylation is 2. The van der Waals surface area contributed by atoms with Crippen molar-refractivity contribution in [2.45, 2.75) is 13.8 Å². The lowest BCUT2D eigenvalue weighted by Gasteiger charge is -2.09. The normalized spacial score (nSPS) is 11.5.